The Balaban J connectivity index is 1.63. The molecule has 0 radical (unpaired) electrons. The normalized spacial score (nSPS) is 18.9. The summed E-state index contributed by atoms with van der Waals surface area (Å²) in [4.78, 5) is 44.1. The lowest BCUT2D eigenvalue weighted by molar-refractivity contribution is -0.146. The molecule has 1 saturated carbocycles. The van der Waals surface area contributed by atoms with Gasteiger partial charge in [0.05, 0.1) is 19.3 Å². The molecule has 0 spiro atoms. The fourth-order valence-electron chi connectivity index (χ4n) is 3.37. The molecule has 1 unspecified atom stereocenters. The van der Waals surface area contributed by atoms with Crippen molar-refractivity contribution in [2.24, 2.45) is 5.41 Å². The lowest BCUT2D eigenvalue weighted by atomic mass is 9.88. The number of hydrogen-bond donors (Lipinski definition) is 1. The Kier molecular flexibility index (Phi) is 7.30. The lowest BCUT2D eigenvalue weighted by Gasteiger charge is -2.32. The quantitative estimate of drug-likeness (QED) is 0.616. The second kappa shape index (κ2) is 9.76. The molecular formula is C21H32N4O6. The van der Waals surface area contributed by atoms with Gasteiger partial charge in [-0.2, -0.15) is 4.98 Å². The molecule has 2 amide bonds. The average Bonchev–Trinajstić information content (AvgIpc) is 3.46. The first kappa shape index (κ1) is 23.2. The first-order valence-electron chi connectivity index (χ1n) is 10.9. The van der Waals surface area contributed by atoms with Crippen molar-refractivity contribution in [2.45, 2.75) is 71.4 Å². The van der Waals surface area contributed by atoms with Crippen molar-refractivity contribution >= 4 is 17.8 Å². The summed E-state index contributed by atoms with van der Waals surface area (Å²) < 4.78 is 16.0. The van der Waals surface area contributed by atoms with Gasteiger partial charge in [0.2, 0.25) is 17.5 Å². The van der Waals surface area contributed by atoms with Crippen molar-refractivity contribution in [3.05, 3.63) is 11.7 Å². The molecule has 172 valence electrons. The summed E-state index contributed by atoms with van der Waals surface area (Å²) >= 11 is 0. The van der Waals surface area contributed by atoms with Gasteiger partial charge in [-0.15, -0.1) is 0 Å². The van der Waals surface area contributed by atoms with Crippen molar-refractivity contribution in [2.75, 3.05) is 26.3 Å². The Labute approximate surface area is 182 Å². The number of carbonyl (C=O) groups excluding carboxylic acids is 3. The molecule has 2 aliphatic rings. The number of amides is 2. The van der Waals surface area contributed by atoms with Crippen LogP contribution in [-0.2, 0) is 14.3 Å². The van der Waals surface area contributed by atoms with Gasteiger partial charge in [0.25, 0.3) is 5.91 Å². The zero-order valence-electron chi connectivity index (χ0n) is 18.7. The third kappa shape index (κ3) is 6.49. The highest BCUT2D eigenvalue weighted by molar-refractivity contribution is 5.98. The number of carbonyl (C=O) groups is 3. The van der Waals surface area contributed by atoms with E-state index in [1.54, 1.807) is 11.8 Å². The minimum atomic E-state index is -0.947. The van der Waals surface area contributed by atoms with Crippen LogP contribution in [0.4, 0.5) is 4.79 Å². The van der Waals surface area contributed by atoms with Gasteiger partial charge in [-0.3, -0.25) is 9.59 Å². The molecule has 1 saturated heterocycles. The standard InChI is InChI=1S/C21H32N4O6/c1-5-14(16(26)17-23-18(31-24-17)13-6-7-13)22-20(28)30-15(12-21(2,3)4)19(27)25-8-10-29-11-9-25/h13-15H,5-12H2,1-4H3,(H,22,28)/t14-,15?/m0/s1. The number of ether oxygens (including phenoxy) is 2. The predicted molar refractivity (Wildman–Crippen MR) is 110 cm³/mol. The number of nitrogens with zero attached hydrogens (tertiary/aromatic N) is 3. The number of nitrogens with one attached hydrogen (secondary N) is 1. The second-order valence-electron chi connectivity index (χ2n) is 9.30. The Morgan fingerprint density at radius 1 is 1.23 bits per heavy atom. The van der Waals surface area contributed by atoms with Crippen LogP contribution >= 0.6 is 0 Å². The predicted octanol–water partition coefficient (Wildman–Crippen LogP) is 2.30. The van der Waals surface area contributed by atoms with E-state index in [-0.39, 0.29) is 23.1 Å². The molecule has 0 bridgehead atoms. The molecule has 2 atom stereocenters. The van der Waals surface area contributed by atoms with Gasteiger partial charge in [0.1, 0.15) is 0 Å². The largest absolute Gasteiger partial charge is 0.436 e. The van der Waals surface area contributed by atoms with Gasteiger partial charge < -0.3 is 24.2 Å². The number of alkyl carbamates (subject to hydrolysis) is 1. The Morgan fingerprint density at radius 2 is 1.90 bits per heavy atom. The van der Waals surface area contributed by atoms with Gasteiger partial charge in [-0.05, 0) is 31.1 Å². The number of ketones is 1. The highest BCUT2D eigenvalue weighted by Crippen LogP contribution is 2.38. The molecule has 1 aromatic heterocycles. The second-order valence-corrected chi connectivity index (χ2v) is 9.30. The number of morpholine rings is 1. The molecule has 31 heavy (non-hydrogen) atoms. The van der Waals surface area contributed by atoms with E-state index in [0.717, 1.165) is 12.8 Å². The summed E-state index contributed by atoms with van der Waals surface area (Å²) in [5.74, 6) is -0.0507. The van der Waals surface area contributed by atoms with Crippen molar-refractivity contribution in [3.63, 3.8) is 0 Å². The number of hydrogen-bond acceptors (Lipinski definition) is 8. The van der Waals surface area contributed by atoms with Crippen LogP contribution in [0.15, 0.2) is 4.52 Å². The maximum Gasteiger partial charge on any atom is 0.408 e. The third-order valence-electron chi connectivity index (χ3n) is 5.25. The molecule has 0 aromatic carbocycles. The molecule has 3 rings (SSSR count). The van der Waals surface area contributed by atoms with Gasteiger partial charge >= 0.3 is 6.09 Å². The van der Waals surface area contributed by atoms with Crippen molar-refractivity contribution in [3.8, 4) is 0 Å². The highest BCUT2D eigenvalue weighted by atomic mass is 16.6. The monoisotopic (exact) mass is 436 g/mol. The van der Waals surface area contributed by atoms with E-state index >= 15 is 0 Å². The maximum atomic E-state index is 13.0. The zero-order valence-corrected chi connectivity index (χ0v) is 18.7. The molecule has 1 aromatic rings. The zero-order chi connectivity index (χ0) is 22.6. The van der Waals surface area contributed by atoms with Crippen LogP contribution in [-0.4, -0.2) is 71.3 Å². The summed E-state index contributed by atoms with van der Waals surface area (Å²) in [5.41, 5.74) is -0.239. The molecular weight excluding hydrogens is 404 g/mol. The number of Topliss-reactive ketones (excluding diaryl/α,β-unsaturated/α-hetero) is 1. The molecule has 1 aliphatic carbocycles. The van der Waals surface area contributed by atoms with Gasteiger partial charge in [-0.1, -0.05) is 32.9 Å². The number of aromatic nitrogens is 2. The lowest BCUT2D eigenvalue weighted by Crippen LogP contribution is -2.50. The van der Waals surface area contributed by atoms with Crippen LogP contribution in [0, 0.1) is 5.41 Å². The summed E-state index contributed by atoms with van der Waals surface area (Å²) in [7, 11) is 0. The molecule has 2 fully saturated rings. The van der Waals surface area contributed by atoms with Crippen molar-refractivity contribution in [1.29, 1.82) is 0 Å². The third-order valence-corrected chi connectivity index (χ3v) is 5.25. The Morgan fingerprint density at radius 3 is 2.48 bits per heavy atom. The SMILES string of the molecule is CC[C@H](NC(=O)OC(CC(C)(C)C)C(=O)N1CCOCC1)C(=O)c1noc(C2CC2)n1. The van der Waals surface area contributed by atoms with Crippen LogP contribution in [0.2, 0.25) is 0 Å². The van der Waals surface area contributed by atoms with Gasteiger partial charge in [0, 0.05) is 19.0 Å². The van der Waals surface area contributed by atoms with Crippen LogP contribution < -0.4 is 5.32 Å². The smallest absolute Gasteiger partial charge is 0.408 e. The minimum Gasteiger partial charge on any atom is -0.436 e. The Bertz CT molecular complexity index is 792. The molecule has 10 heteroatoms. The first-order chi connectivity index (χ1) is 14.7. The van der Waals surface area contributed by atoms with Crippen LogP contribution in [0.25, 0.3) is 0 Å². The van der Waals surface area contributed by atoms with Crippen molar-refractivity contribution in [1.82, 2.24) is 20.4 Å². The van der Waals surface area contributed by atoms with E-state index < -0.39 is 24.0 Å². The van der Waals surface area contributed by atoms with Crippen LogP contribution in [0.3, 0.4) is 0 Å². The van der Waals surface area contributed by atoms with E-state index in [1.165, 1.54) is 0 Å². The van der Waals surface area contributed by atoms with E-state index in [1.807, 2.05) is 20.8 Å². The maximum absolute atomic E-state index is 13.0. The number of rotatable bonds is 8. The molecule has 1 aliphatic heterocycles. The summed E-state index contributed by atoms with van der Waals surface area (Å²) in [6, 6.07) is -0.870. The molecule has 2 heterocycles. The van der Waals surface area contributed by atoms with Gasteiger partial charge in [-0.25, -0.2) is 4.79 Å². The first-order valence-corrected chi connectivity index (χ1v) is 10.9. The van der Waals surface area contributed by atoms with Crippen molar-refractivity contribution < 1.29 is 28.4 Å². The Hall–Kier alpha value is -2.49. The molecule has 10 nitrogen and oxygen atoms in total. The summed E-state index contributed by atoms with van der Waals surface area (Å²) in [6.07, 6.45) is 0.868. The van der Waals surface area contributed by atoms with Crippen LogP contribution in [0.5, 0.6) is 0 Å². The van der Waals surface area contributed by atoms with E-state index in [4.69, 9.17) is 14.0 Å². The van der Waals surface area contributed by atoms with E-state index in [0.29, 0.717) is 45.0 Å². The summed E-state index contributed by atoms with van der Waals surface area (Å²) in [6.45, 7) is 9.51. The highest BCUT2D eigenvalue weighted by Gasteiger charge is 2.35. The van der Waals surface area contributed by atoms with E-state index in [9.17, 15) is 14.4 Å². The van der Waals surface area contributed by atoms with Gasteiger partial charge in [0.15, 0.2) is 6.10 Å². The minimum absolute atomic E-state index is 0.0512. The average molecular weight is 437 g/mol. The topological polar surface area (TPSA) is 124 Å². The van der Waals surface area contributed by atoms with Crippen LogP contribution in [0.1, 0.15) is 75.8 Å². The molecule has 1 N–H and O–H groups in total. The fourth-order valence-corrected chi connectivity index (χ4v) is 3.37. The van der Waals surface area contributed by atoms with E-state index in [2.05, 4.69) is 15.5 Å². The summed E-state index contributed by atoms with van der Waals surface area (Å²) in [5, 5.41) is 6.32. The fraction of sp³-hybridized carbons (Fsp3) is 0.762.